The zero-order valence-electron chi connectivity index (χ0n) is 17.9. The van der Waals surface area contributed by atoms with Crippen molar-refractivity contribution in [1.82, 2.24) is 14.8 Å². The molecule has 5 rings (SSSR count). The molecule has 2 aliphatic rings. The molecule has 2 aliphatic heterocycles. The van der Waals surface area contributed by atoms with Crippen LogP contribution in [0.25, 0.3) is 0 Å². The summed E-state index contributed by atoms with van der Waals surface area (Å²) < 4.78 is 18.1. The second-order valence-electron chi connectivity index (χ2n) is 7.76. The number of fused-ring (bicyclic) bond motifs is 2. The molecule has 9 heteroatoms. The van der Waals surface area contributed by atoms with Crippen LogP contribution in [0.4, 0.5) is 16.2 Å². The van der Waals surface area contributed by atoms with Gasteiger partial charge in [0.1, 0.15) is 11.6 Å². The van der Waals surface area contributed by atoms with E-state index in [0.717, 1.165) is 37.4 Å². The van der Waals surface area contributed by atoms with Gasteiger partial charge < -0.3 is 19.5 Å². The van der Waals surface area contributed by atoms with Crippen molar-refractivity contribution in [2.45, 2.75) is 38.8 Å². The normalized spacial score (nSPS) is 14.4. The van der Waals surface area contributed by atoms with Crippen molar-refractivity contribution in [3.05, 3.63) is 54.1 Å². The number of ether oxygens (including phenoxy) is 3. The third-order valence-corrected chi connectivity index (χ3v) is 5.62. The molecule has 0 aliphatic carbocycles. The SMILES string of the molecule is COc1ccc(NC(=O)N(Cc2nc3n(n2)CCCCC3)c2ccc3c(c2)OCO3)cc1. The molecule has 166 valence electrons. The molecule has 0 saturated carbocycles. The first-order valence-corrected chi connectivity index (χ1v) is 10.7. The average Bonchev–Trinajstić information content (AvgIpc) is 3.38. The molecule has 1 aromatic heterocycles. The van der Waals surface area contributed by atoms with E-state index in [1.807, 2.05) is 10.7 Å². The third kappa shape index (κ3) is 4.18. The third-order valence-electron chi connectivity index (χ3n) is 5.62. The largest absolute Gasteiger partial charge is 0.497 e. The molecule has 0 fully saturated rings. The minimum atomic E-state index is -0.293. The number of carbonyl (C=O) groups excluding carboxylic acids is 1. The fraction of sp³-hybridized carbons (Fsp3) is 0.348. The maximum Gasteiger partial charge on any atom is 0.326 e. The summed E-state index contributed by atoms with van der Waals surface area (Å²) in [6.07, 6.45) is 4.31. The quantitative estimate of drug-likeness (QED) is 0.652. The molecule has 3 heterocycles. The van der Waals surface area contributed by atoms with E-state index in [1.165, 1.54) is 6.42 Å². The van der Waals surface area contributed by atoms with Crippen molar-refractivity contribution in [3.63, 3.8) is 0 Å². The lowest BCUT2D eigenvalue weighted by Crippen LogP contribution is -2.35. The molecule has 9 nitrogen and oxygen atoms in total. The Labute approximate surface area is 185 Å². The standard InChI is InChI=1S/C23H25N5O4/c1-30-18-9-6-16(7-10-18)24-23(29)27(17-8-11-19-20(13-17)32-15-31-19)14-21-25-22-5-3-2-4-12-28(22)26-21/h6-11,13H,2-5,12,14-15H2,1H3,(H,24,29). The molecule has 32 heavy (non-hydrogen) atoms. The van der Waals surface area contributed by atoms with Gasteiger partial charge in [0, 0.05) is 30.4 Å². The number of aromatic nitrogens is 3. The van der Waals surface area contributed by atoms with Crippen LogP contribution < -0.4 is 24.4 Å². The van der Waals surface area contributed by atoms with Crippen LogP contribution in [0.3, 0.4) is 0 Å². The average molecular weight is 435 g/mol. The Morgan fingerprint density at radius 2 is 1.97 bits per heavy atom. The Balaban J connectivity index is 1.42. The molecule has 0 saturated heterocycles. The van der Waals surface area contributed by atoms with Gasteiger partial charge in [-0.2, -0.15) is 5.10 Å². The van der Waals surface area contributed by atoms with Gasteiger partial charge in [-0.05, 0) is 49.2 Å². The lowest BCUT2D eigenvalue weighted by Gasteiger charge is -2.22. The van der Waals surface area contributed by atoms with E-state index in [2.05, 4.69) is 10.4 Å². The number of methoxy groups -OCH3 is 1. The molecule has 2 amide bonds. The second-order valence-corrected chi connectivity index (χ2v) is 7.76. The molecule has 0 bridgehead atoms. The van der Waals surface area contributed by atoms with Crippen LogP contribution in [0.1, 0.15) is 30.9 Å². The highest BCUT2D eigenvalue weighted by Gasteiger charge is 2.23. The molecular weight excluding hydrogens is 410 g/mol. The van der Waals surface area contributed by atoms with Crippen molar-refractivity contribution in [2.75, 3.05) is 24.1 Å². The highest BCUT2D eigenvalue weighted by Crippen LogP contribution is 2.36. The number of hydrogen-bond donors (Lipinski definition) is 1. The fourth-order valence-electron chi connectivity index (χ4n) is 3.92. The molecular formula is C23H25N5O4. The van der Waals surface area contributed by atoms with E-state index in [0.29, 0.717) is 28.7 Å². The summed E-state index contributed by atoms with van der Waals surface area (Å²) in [5.41, 5.74) is 1.33. The van der Waals surface area contributed by atoms with Crippen LogP contribution in [0.2, 0.25) is 0 Å². The van der Waals surface area contributed by atoms with Crippen molar-refractivity contribution >= 4 is 17.4 Å². The molecule has 1 N–H and O–H groups in total. The van der Waals surface area contributed by atoms with Gasteiger partial charge in [-0.15, -0.1) is 0 Å². The summed E-state index contributed by atoms with van der Waals surface area (Å²) in [7, 11) is 1.61. The smallest absolute Gasteiger partial charge is 0.326 e. The van der Waals surface area contributed by atoms with E-state index in [4.69, 9.17) is 19.2 Å². The van der Waals surface area contributed by atoms with Crippen molar-refractivity contribution in [1.29, 1.82) is 0 Å². The Hall–Kier alpha value is -3.75. The number of amides is 2. The lowest BCUT2D eigenvalue weighted by atomic mass is 10.2. The fourth-order valence-corrected chi connectivity index (χ4v) is 3.92. The number of nitrogens with one attached hydrogen (secondary N) is 1. The summed E-state index contributed by atoms with van der Waals surface area (Å²) in [5, 5.41) is 7.62. The van der Waals surface area contributed by atoms with Crippen LogP contribution in [0, 0.1) is 0 Å². The summed E-state index contributed by atoms with van der Waals surface area (Å²) in [5.74, 6) is 3.59. The van der Waals surface area contributed by atoms with Gasteiger partial charge in [0.25, 0.3) is 0 Å². The van der Waals surface area contributed by atoms with Crippen LogP contribution in [0.15, 0.2) is 42.5 Å². The first-order valence-electron chi connectivity index (χ1n) is 10.7. The van der Waals surface area contributed by atoms with E-state index >= 15 is 0 Å². The van der Waals surface area contributed by atoms with E-state index < -0.39 is 0 Å². The minimum absolute atomic E-state index is 0.173. The number of aryl methyl sites for hydroxylation is 2. The van der Waals surface area contributed by atoms with Crippen molar-refractivity contribution < 1.29 is 19.0 Å². The molecule has 0 radical (unpaired) electrons. The van der Waals surface area contributed by atoms with E-state index in [1.54, 1.807) is 48.4 Å². The molecule has 0 spiro atoms. The number of urea groups is 1. The summed E-state index contributed by atoms with van der Waals surface area (Å²) in [4.78, 5) is 19.7. The zero-order chi connectivity index (χ0) is 21.9. The van der Waals surface area contributed by atoms with Gasteiger partial charge in [-0.1, -0.05) is 6.42 Å². The van der Waals surface area contributed by atoms with Gasteiger partial charge in [0.05, 0.1) is 13.7 Å². The Morgan fingerprint density at radius 1 is 1.12 bits per heavy atom. The monoisotopic (exact) mass is 435 g/mol. The maximum absolute atomic E-state index is 13.3. The topological polar surface area (TPSA) is 90.7 Å². The van der Waals surface area contributed by atoms with Crippen LogP contribution >= 0.6 is 0 Å². The summed E-state index contributed by atoms with van der Waals surface area (Å²) in [6, 6.07) is 12.3. The van der Waals surface area contributed by atoms with Crippen molar-refractivity contribution in [3.8, 4) is 17.2 Å². The molecule has 3 aromatic rings. The van der Waals surface area contributed by atoms with Crippen LogP contribution in [0.5, 0.6) is 17.2 Å². The first-order chi connectivity index (χ1) is 15.7. The predicted molar refractivity (Wildman–Crippen MR) is 118 cm³/mol. The van der Waals surface area contributed by atoms with Gasteiger partial charge in [0.15, 0.2) is 17.3 Å². The van der Waals surface area contributed by atoms with E-state index in [-0.39, 0.29) is 19.4 Å². The van der Waals surface area contributed by atoms with Gasteiger partial charge in [-0.3, -0.25) is 4.90 Å². The van der Waals surface area contributed by atoms with Crippen molar-refractivity contribution in [2.24, 2.45) is 0 Å². The molecule has 2 aromatic carbocycles. The van der Waals surface area contributed by atoms with E-state index in [9.17, 15) is 4.79 Å². The zero-order valence-corrected chi connectivity index (χ0v) is 17.9. The van der Waals surface area contributed by atoms with Crippen LogP contribution in [-0.4, -0.2) is 34.7 Å². The van der Waals surface area contributed by atoms with Gasteiger partial charge >= 0.3 is 6.03 Å². The highest BCUT2D eigenvalue weighted by molar-refractivity contribution is 6.01. The summed E-state index contributed by atoms with van der Waals surface area (Å²) in [6.45, 7) is 1.28. The number of nitrogens with zero attached hydrogens (tertiary/aromatic N) is 4. The first kappa shape index (κ1) is 20.2. The number of rotatable bonds is 5. The number of anilines is 2. The van der Waals surface area contributed by atoms with Crippen LogP contribution in [-0.2, 0) is 19.5 Å². The predicted octanol–water partition coefficient (Wildman–Crippen LogP) is 3.98. The Kier molecular flexibility index (Phi) is 5.53. The Bertz CT molecular complexity index is 1090. The lowest BCUT2D eigenvalue weighted by molar-refractivity contribution is 0.174. The second kappa shape index (κ2) is 8.78. The molecule has 0 unspecified atom stereocenters. The number of benzene rings is 2. The van der Waals surface area contributed by atoms with Gasteiger partial charge in [0.2, 0.25) is 6.79 Å². The van der Waals surface area contributed by atoms with Gasteiger partial charge in [-0.25, -0.2) is 14.5 Å². The number of carbonyl (C=O) groups is 1. The highest BCUT2D eigenvalue weighted by atomic mass is 16.7. The molecule has 0 atom stereocenters. The minimum Gasteiger partial charge on any atom is -0.497 e. The maximum atomic E-state index is 13.3. The number of hydrogen-bond acceptors (Lipinski definition) is 6. The Morgan fingerprint density at radius 3 is 2.81 bits per heavy atom. The summed E-state index contributed by atoms with van der Waals surface area (Å²) >= 11 is 0.